The zero-order chi connectivity index (χ0) is 13.2. The number of aromatic nitrogens is 1. The van der Waals surface area contributed by atoms with E-state index in [2.05, 4.69) is 36.8 Å². The van der Waals surface area contributed by atoms with Crippen molar-refractivity contribution in [3.05, 3.63) is 24.0 Å². The number of nitrogens with two attached hydrogens (primary N) is 1. The zero-order valence-corrected chi connectivity index (χ0v) is 11.8. The summed E-state index contributed by atoms with van der Waals surface area (Å²) < 4.78 is 0. The van der Waals surface area contributed by atoms with Crippen LogP contribution in [0.5, 0.6) is 0 Å². The highest BCUT2D eigenvalue weighted by atomic mass is 15.1. The highest BCUT2D eigenvalue weighted by molar-refractivity contribution is 5.44. The molecule has 0 atom stereocenters. The fraction of sp³-hybridized carbons (Fsp3) is 0.667. The lowest BCUT2D eigenvalue weighted by molar-refractivity contribution is 0.222. The molecule has 100 valence electrons. The first-order valence-electron chi connectivity index (χ1n) is 6.90. The average Bonchev–Trinajstić information content (AvgIpc) is 2.38. The lowest BCUT2D eigenvalue weighted by atomic mass is 9.75. The van der Waals surface area contributed by atoms with Crippen molar-refractivity contribution in [1.29, 1.82) is 0 Å². The molecule has 0 unspecified atom stereocenters. The van der Waals surface area contributed by atoms with Gasteiger partial charge in [0, 0.05) is 19.6 Å². The molecule has 0 bridgehead atoms. The monoisotopic (exact) mass is 247 g/mol. The summed E-state index contributed by atoms with van der Waals surface area (Å²) in [6.45, 7) is 5.27. The lowest BCUT2D eigenvalue weighted by Gasteiger charge is -2.39. The van der Waals surface area contributed by atoms with Crippen LogP contribution in [-0.2, 0) is 6.54 Å². The van der Waals surface area contributed by atoms with Gasteiger partial charge < -0.3 is 10.6 Å². The Morgan fingerprint density at radius 1 is 1.33 bits per heavy atom. The molecular weight excluding hydrogens is 222 g/mol. The fourth-order valence-electron chi connectivity index (χ4n) is 2.73. The largest absolute Gasteiger partial charge is 0.370 e. The third-order valence-corrected chi connectivity index (χ3v) is 4.28. The van der Waals surface area contributed by atoms with E-state index in [0.717, 1.165) is 5.69 Å². The molecule has 0 radical (unpaired) electrons. The van der Waals surface area contributed by atoms with E-state index in [1.54, 1.807) is 0 Å². The van der Waals surface area contributed by atoms with Crippen LogP contribution >= 0.6 is 0 Å². The Labute approximate surface area is 110 Å². The Bertz CT molecular complexity index is 373. The predicted octanol–water partition coefficient (Wildman–Crippen LogP) is 2.95. The molecule has 2 rings (SSSR count). The second-order valence-corrected chi connectivity index (χ2v) is 6.22. The number of anilines is 1. The molecule has 1 heterocycles. The summed E-state index contributed by atoms with van der Waals surface area (Å²) in [6, 6.07) is 4.82. The smallest absolute Gasteiger partial charge is 0.0552 e. The molecule has 0 saturated heterocycles. The van der Waals surface area contributed by atoms with E-state index >= 15 is 0 Å². The normalized spacial score (nSPS) is 19.8. The maximum Gasteiger partial charge on any atom is 0.0552 e. The molecular formula is C15H25N3. The Hall–Kier alpha value is -1.09. The molecule has 1 fully saturated rings. The maximum absolute atomic E-state index is 5.57. The van der Waals surface area contributed by atoms with Crippen molar-refractivity contribution in [2.24, 2.45) is 11.1 Å². The first-order chi connectivity index (χ1) is 8.52. The highest BCUT2D eigenvalue weighted by Gasteiger charge is 2.28. The van der Waals surface area contributed by atoms with E-state index in [1.807, 2.05) is 12.3 Å². The van der Waals surface area contributed by atoms with Crippen LogP contribution in [0.2, 0.25) is 0 Å². The summed E-state index contributed by atoms with van der Waals surface area (Å²) in [5.41, 5.74) is 8.26. The van der Waals surface area contributed by atoms with Crippen molar-refractivity contribution in [2.75, 3.05) is 11.9 Å². The van der Waals surface area contributed by atoms with Crippen LogP contribution in [-0.4, -0.2) is 18.1 Å². The Kier molecular flexibility index (Phi) is 3.91. The highest BCUT2D eigenvalue weighted by Crippen LogP contribution is 2.37. The molecule has 0 aliphatic heterocycles. The van der Waals surface area contributed by atoms with Gasteiger partial charge >= 0.3 is 0 Å². The van der Waals surface area contributed by atoms with E-state index in [0.29, 0.717) is 18.0 Å². The predicted molar refractivity (Wildman–Crippen MR) is 76.6 cm³/mol. The van der Waals surface area contributed by atoms with Crippen LogP contribution in [0.4, 0.5) is 5.69 Å². The minimum atomic E-state index is 0.515. The van der Waals surface area contributed by atoms with Crippen LogP contribution in [0.15, 0.2) is 18.3 Å². The first kappa shape index (κ1) is 13.3. The van der Waals surface area contributed by atoms with Gasteiger partial charge in [0.15, 0.2) is 0 Å². The molecule has 1 aliphatic rings. The van der Waals surface area contributed by atoms with Gasteiger partial charge in [-0.1, -0.05) is 13.8 Å². The summed E-state index contributed by atoms with van der Waals surface area (Å²) in [5, 5.41) is 0. The van der Waals surface area contributed by atoms with Crippen LogP contribution in [0.3, 0.4) is 0 Å². The number of hydrogen-bond acceptors (Lipinski definition) is 3. The molecule has 3 nitrogen and oxygen atoms in total. The summed E-state index contributed by atoms with van der Waals surface area (Å²) in [4.78, 5) is 6.75. The lowest BCUT2D eigenvalue weighted by Crippen LogP contribution is -2.37. The molecule has 2 N–H and O–H groups in total. The van der Waals surface area contributed by atoms with Crippen LogP contribution in [0.1, 0.15) is 45.2 Å². The molecule has 0 aromatic carbocycles. The second kappa shape index (κ2) is 5.27. The van der Waals surface area contributed by atoms with Crippen molar-refractivity contribution in [2.45, 2.75) is 52.1 Å². The quantitative estimate of drug-likeness (QED) is 0.893. The van der Waals surface area contributed by atoms with Gasteiger partial charge in [0.25, 0.3) is 0 Å². The molecule has 1 saturated carbocycles. The van der Waals surface area contributed by atoms with Crippen LogP contribution in [0.25, 0.3) is 0 Å². The molecule has 0 spiro atoms. The van der Waals surface area contributed by atoms with E-state index in [9.17, 15) is 0 Å². The van der Waals surface area contributed by atoms with Gasteiger partial charge in [-0.2, -0.15) is 0 Å². The third-order valence-electron chi connectivity index (χ3n) is 4.28. The SMILES string of the molecule is CN(c1ccc(CN)nc1)C1CCC(C)(C)CC1. The summed E-state index contributed by atoms with van der Waals surface area (Å²) in [5.74, 6) is 0. The van der Waals surface area contributed by atoms with E-state index in [1.165, 1.54) is 31.4 Å². The van der Waals surface area contributed by atoms with Gasteiger partial charge in [0.2, 0.25) is 0 Å². The van der Waals surface area contributed by atoms with Crippen molar-refractivity contribution >= 4 is 5.69 Å². The van der Waals surface area contributed by atoms with E-state index in [4.69, 9.17) is 5.73 Å². The minimum absolute atomic E-state index is 0.515. The molecule has 1 aromatic rings. The number of pyridine rings is 1. The molecule has 1 aromatic heterocycles. The second-order valence-electron chi connectivity index (χ2n) is 6.22. The summed E-state index contributed by atoms with van der Waals surface area (Å²) in [6.07, 6.45) is 7.14. The van der Waals surface area contributed by atoms with Gasteiger partial charge in [-0.15, -0.1) is 0 Å². The number of rotatable bonds is 3. The molecule has 18 heavy (non-hydrogen) atoms. The van der Waals surface area contributed by atoms with Gasteiger partial charge in [-0.05, 0) is 43.2 Å². The van der Waals surface area contributed by atoms with Gasteiger partial charge in [-0.25, -0.2) is 0 Å². The van der Waals surface area contributed by atoms with Gasteiger partial charge in [0.1, 0.15) is 0 Å². The summed E-state index contributed by atoms with van der Waals surface area (Å²) in [7, 11) is 2.18. The van der Waals surface area contributed by atoms with E-state index < -0.39 is 0 Å². The van der Waals surface area contributed by atoms with Crippen LogP contribution < -0.4 is 10.6 Å². The average molecular weight is 247 g/mol. The van der Waals surface area contributed by atoms with Gasteiger partial charge in [-0.3, -0.25) is 4.98 Å². The molecule has 0 amide bonds. The fourth-order valence-corrected chi connectivity index (χ4v) is 2.73. The Morgan fingerprint density at radius 2 is 2.00 bits per heavy atom. The Morgan fingerprint density at radius 3 is 2.50 bits per heavy atom. The van der Waals surface area contributed by atoms with Crippen molar-refractivity contribution < 1.29 is 0 Å². The minimum Gasteiger partial charge on any atom is -0.370 e. The zero-order valence-electron chi connectivity index (χ0n) is 11.8. The Balaban J connectivity index is 2.00. The van der Waals surface area contributed by atoms with Gasteiger partial charge in [0.05, 0.1) is 17.6 Å². The number of nitrogens with zero attached hydrogens (tertiary/aromatic N) is 2. The van der Waals surface area contributed by atoms with Crippen LogP contribution in [0, 0.1) is 5.41 Å². The topological polar surface area (TPSA) is 42.1 Å². The molecule has 1 aliphatic carbocycles. The van der Waals surface area contributed by atoms with E-state index in [-0.39, 0.29) is 0 Å². The first-order valence-corrected chi connectivity index (χ1v) is 6.90. The standard InChI is InChI=1S/C15H25N3/c1-15(2)8-6-13(7-9-15)18(3)14-5-4-12(10-16)17-11-14/h4-5,11,13H,6-10,16H2,1-3H3. The van der Waals surface area contributed by atoms with Crippen molar-refractivity contribution in [3.8, 4) is 0 Å². The number of hydrogen-bond donors (Lipinski definition) is 1. The van der Waals surface area contributed by atoms with Crippen molar-refractivity contribution in [3.63, 3.8) is 0 Å². The molecule has 3 heteroatoms. The maximum atomic E-state index is 5.57. The third kappa shape index (κ3) is 3.02. The van der Waals surface area contributed by atoms with Crippen molar-refractivity contribution in [1.82, 2.24) is 4.98 Å². The summed E-state index contributed by atoms with van der Waals surface area (Å²) >= 11 is 0.